The van der Waals surface area contributed by atoms with E-state index in [4.69, 9.17) is 21.2 Å². The van der Waals surface area contributed by atoms with Crippen LogP contribution in [0.4, 0.5) is 4.39 Å². The van der Waals surface area contributed by atoms with E-state index in [1.54, 1.807) is 0 Å². The summed E-state index contributed by atoms with van der Waals surface area (Å²) in [5, 5.41) is 12.6. The molecule has 0 saturated heterocycles. The first-order valence-electron chi connectivity index (χ1n) is 5.19. The standard InChI is InChI=1S/C12H9ClFNO3/c13-7-1-3-10(14)9(5-7)11-6-8(15-18-11)2-4-12(16)17/h1,3,5-6H,2,4H2,(H,16,17). The fraction of sp³-hybridized carbons (Fsp3) is 0.167. The Labute approximate surface area is 107 Å². The first-order chi connectivity index (χ1) is 8.56. The van der Waals surface area contributed by atoms with Gasteiger partial charge in [0.2, 0.25) is 0 Å². The quantitative estimate of drug-likeness (QED) is 0.926. The molecule has 2 rings (SSSR count). The summed E-state index contributed by atoms with van der Waals surface area (Å²) in [5.74, 6) is -1.16. The molecule has 0 atom stereocenters. The molecule has 0 amide bonds. The highest BCUT2D eigenvalue weighted by Gasteiger charge is 2.12. The lowest BCUT2D eigenvalue weighted by Gasteiger charge is -1.98. The first-order valence-corrected chi connectivity index (χ1v) is 5.57. The van der Waals surface area contributed by atoms with E-state index in [-0.39, 0.29) is 24.2 Å². The van der Waals surface area contributed by atoms with E-state index < -0.39 is 11.8 Å². The van der Waals surface area contributed by atoms with Gasteiger partial charge in [0.15, 0.2) is 5.76 Å². The van der Waals surface area contributed by atoms with Crippen LogP contribution >= 0.6 is 11.6 Å². The number of halogens is 2. The minimum absolute atomic E-state index is 0.0516. The zero-order valence-corrected chi connectivity index (χ0v) is 9.95. The summed E-state index contributed by atoms with van der Waals surface area (Å²) in [7, 11) is 0. The molecule has 0 aliphatic heterocycles. The Kier molecular flexibility index (Phi) is 3.62. The van der Waals surface area contributed by atoms with Gasteiger partial charge in [-0.05, 0) is 18.2 Å². The molecule has 0 aliphatic rings. The van der Waals surface area contributed by atoms with Crippen molar-refractivity contribution in [2.24, 2.45) is 0 Å². The largest absolute Gasteiger partial charge is 0.481 e. The average Bonchev–Trinajstić information content (AvgIpc) is 2.78. The van der Waals surface area contributed by atoms with Crippen molar-refractivity contribution in [3.63, 3.8) is 0 Å². The molecule has 1 aromatic carbocycles. The predicted molar refractivity (Wildman–Crippen MR) is 62.9 cm³/mol. The van der Waals surface area contributed by atoms with E-state index >= 15 is 0 Å². The Morgan fingerprint density at radius 2 is 2.22 bits per heavy atom. The van der Waals surface area contributed by atoms with Crippen molar-refractivity contribution >= 4 is 17.6 Å². The molecular formula is C12H9ClFNO3. The Hall–Kier alpha value is -1.88. The molecule has 2 aromatic rings. The number of aliphatic carboxylic acids is 1. The third-order valence-electron chi connectivity index (χ3n) is 2.35. The summed E-state index contributed by atoms with van der Waals surface area (Å²) in [6, 6.07) is 5.61. The van der Waals surface area contributed by atoms with E-state index in [9.17, 15) is 9.18 Å². The molecule has 0 spiro atoms. The number of hydrogen-bond donors (Lipinski definition) is 1. The van der Waals surface area contributed by atoms with Crippen molar-refractivity contribution in [3.05, 3.63) is 40.8 Å². The van der Waals surface area contributed by atoms with Crippen LogP contribution in [-0.4, -0.2) is 16.2 Å². The summed E-state index contributed by atoms with van der Waals surface area (Å²) in [6.45, 7) is 0. The molecule has 0 fully saturated rings. The Morgan fingerprint density at radius 1 is 1.44 bits per heavy atom. The summed E-state index contributed by atoms with van der Waals surface area (Å²) in [4.78, 5) is 10.4. The zero-order valence-electron chi connectivity index (χ0n) is 9.19. The molecule has 0 aliphatic carbocycles. The van der Waals surface area contributed by atoms with Crippen molar-refractivity contribution in [2.75, 3.05) is 0 Å². The van der Waals surface area contributed by atoms with Crippen LogP contribution in [-0.2, 0) is 11.2 Å². The van der Waals surface area contributed by atoms with E-state index in [0.29, 0.717) is 10.7 Å². The van der Waals surface area contributed by atoms with Crippen LogP contribution in [0.3, 0.4) is 0 Å². The van der Waals surface area contributed by atoms with Gasteiger partial charge in [0.05, 0.1) is 17.7 Å². The Balaban J connectivity index is 2.23. The summed E-state index contributed by atoms with van der Waals surface area (Å²) in [6.07, 6.45) is 0.186. The summed E-state index contributed by atoms with van der Waals surface area (Å²) >= 11 is 5.77. The third kappa shape index (κ3) is 2.87. The van der Waals surface area contributed by atoms with Gasteiger partial charge in [-0.2, -0.15) is 0 Å². The highest BCUT2D eigenvalue weighted by molar-refractivity contribution is 6.30. The second-order valence-corrected chi connectivity index (χ2v) is 4.14. The number of hydrogen-bond acceptors (Lipinski definition) is 3. The molecule has 0 radical (unpaired) electrons. The van der Waals surface area contributed by atoms with E-state index in [0.717, 1.165) is 0 Å². The van der Waals surface area contributed by atoms with Gasteiger partial charge in [-0.1, -0.05) is 16.8 Å². The monoisotopic (exact) mass is 269 g/mol. The normalized spacial score (nSPS) is 10.6. The predicted octanol–water partition coefficient (Wildman–Crippen LogP) is 3.15. The highest BCUT2D eigenvalue weighted by Crippen LogP contribution is 2.26. The van der Waals surface area contributed by atoms with Crippen LogP contribution in [0.1, 0.15) is 12.1 Å². The average molecular weight is 270 g/mol. The number of carboxylic acids is 1. The maximum absolute atomic E-state index is 13.5. The van der Waals surface area contributed by atoms with E-state index in [1.165, 1.54) is 24.3 Å². The highest BCUT2D eigenvalue weighted by atomic mass is 35.5. The van der Waals surface area contributed by atoms with Gasteiger partial charge in [-0.3, -0.25) is 4.79 Å². The zero-order chi connectivity index (χ0) is 13.1. The number of nitrogens with zero attached hydrogens (tertiary/aromatic N) is 1. The molecule has 0 unspecified atom stereocenters. The van der Waals surface area contributed by atoms with E-state index in [2.05, 4.69) is 5.16 Å². The van der Waals surface area contributed by atoms with Crippen molar-refractivity contribution in [1.29, 1.82) is 0 Å². The van der Waals surface area contributed by atoms with Crippen LogP contribution in [0.5, 0.6) is 0 Å². The lowest BCUT2D eigenvalue weighted by Crippen LogP contribution is -1.97. The van der Waals surface area contributed by atoms with Gasteiger partial charge < -0.3 is 9.63 Å². The number of rotatable bonds is 4. The smallest absolute Gasteiger partial charge is 0.303 e. The van der Waals surface area contributed by atoms with Crippen molar-refractivity contribution in [2.45, 2.75) is 12.8 Å². The molecule has 1 N–H and O–H groups in total. The Morgan fingerprint density at radius 3 is 2.94 bits per heavy atom. The number of carbonyl (C=O) groups is 1. The second kappa shape index (κ2) is 5.18. The molecule has 94 valence electrons. The summed E-state index contributed by atoms with van der Waals surface area (Å²) in [5.41, 5.74) is 0.670. The minimum Gasteiger partial charge on any atom is -0.481 e. The number of benzene rings is 1. The van der Waals surface area contributed by atoms with Gasteiger partial charge in [0, 0.05) is 17.5 Å². The fourth-order valence-corrected chi connectivity index (χ4v) is 1.65. The summed E-state index contributed by atoms with van der Waals surface area (Å²) < 4.78 is 18.5. The molecule has 4 nitrogen and oxygen atoms in total. The first kappa shape index (κ1) is 12.6. The van der Waals surface area contributed by atoms with Gasteiger partial charge in [-0.25, -0.2) is 4.39 Å². The Bertz CT molecular complexity index is 582. The number of aryl methyl sites for hydroxylation is 1. The molecule has 0 bridgehead atoms. The van der Waals surface area contributed by atoms with Crippen LogP contribution in [0, 0.1) is 5.82 Å². The van der Waals surface area contributed by atoms with Crippen LogP contribution < -0.4 is 0 Å². The number of aromatic nitrogens is 1. The lowest BCUT2D eigenvalue weighted by atomic mass is 10.1. The fourth-order valence-electron chi connectivity index (χ4n) is 1.48. The molecule has 18 heavy (non-hydrogen) atoms. The third-order valence-corrected chi connectivity index (χ3v) is 2.58. The topological polar surface area (TPSA) is 63.3 Å². The maximum atomic E-state index is 13.5. The second-order valence-electron chi connectivity index (χ2n) is 3.70. The molecule has 6 heteroatoms. The van der Waals surface area contributed by atoms with Crippen LogP contribution in [0.15, 0.2) is 28.8 Å². The molecule has 1 aromatic heterocycles. The van der Waals surface area contributed by atoms with Gasteiger partial charge >= 0.3 is 5.97 Å². The van der Waals surface area contributed by atoms with Crippen LogP contribution in [0.2, 0.25) is 5.02 Å². The van der Waals surface area contributed by atoms with Gasteiger partial charge in [0.1, 0.15) is 5.82 Å². The minimum atomic E-state index is -0.923. The lowest BCUT2D eigenvalue weighted by molar-refractivity contribution is -0.136. The van der Waals surface area contributed by atoms with Crippen LogP contribution in [0.25, 0.3) is 11.3 Å². The van der Waals surface area contributed by atoms with Crippen molar-refractivity contribution in [1.82, 2.24) is 5.16 Å². The molecule has 1 heterocycles. The SMILES string of the molecule is O=C(O)CCc1cc(-c2cc(Cl)ccc2F)on1. The molecular weight excluding hydrogens is 261 g/mol. The van der Waals surface area contributed by atoms with Crippen molar-refractivity contribution in [3.8, 4) is 11.3 Å². The van der Waals surface area contributed by atoms with Crippen molar-refractivity contribution < 1.29 is 18.8 Å². The van der Waals surface area contributed by atoms with Gasteiger partial charge in [0.25, 0.3) is 0 Å². The number of carboxylic acid groups (broad SMARTS) is 1. The molecule has 0 saturated carbocycles. The van der Waals surface area contributed by atoms with Gasteiger partial charge in [-0.15, -0.1) is 0 Å². The van der Waals surface area contributed by atoms with E-state index in [1.807, 2.05) is 0 Å². The maximum Gasteiger partial charge on any atom is 0.303 e.